The van der Waals surface area contributed by atoms with Crippen molar-refractivity contribution in [3.05, 3.63) is 115 Å². The zero-order valence-electron chi connectivity index (χ0n) is 20.2. The average Bonchev–Trinajstić information content (AvgIpc) is 2.89. The van der Waals surface area contributed by atoms with Gasteiger partial charge in [-0.15, -0.1) is 0 Å². The number of hydrogen-bond acceptors (Lipinski definition) is 3. The van der Waals surface area contributed by atoms with Crippen LogP contribution in [0.15, 0.2) is 109 Å². The molecule has 0 spiro atoms. The van der Waals surface area contributed by atoms with E-state index in [1.54, 1.807) is 6.07 Å². The van der Waals surface area contributed by atoms with Crippen molar-refractivity contribution in [1.29, 1.82) is 0 Å². The molecule has 1 N–H and O–H groups in total. The minimum absolute atomic E-state index is 0.104. The van der Waals surface area contributed by atoms with Crippen LogP contribution in [0.5, 0.6) is 5.75 Å². The minimum Gasteiger partial charge on any atom is -0.507 e. The summed E-state index contributed by atoms with van der Waals surface area (Å²) in [7, 11) is 0. The van der Waals surface area contributed by atoms with Gasteiger partial charge in [0.1, 0.15) is 5.75 Å². The summed E-state index contributed by atoms with van der Waals surface area (Å²) in [5, 5.41) is 10.3. The highest BCUT2D eigenvalue weighted by molar-refractivity contribution is 5.80. The minimum atomic E-state index is 0.104. The number of rotatable bonds is 4. The van der Waals surface area contributed by atoms with E-state index in [-0.39, 0.29) is 11.2 Å². The van der Waals surface area contributed by atoms with Crippen LogP contribution in [0.3, 0.4) is 0 Å². The Morgan fingerprint density at radius 1 is 0.571 bits per heavy atom. The van der Waals surface area contributed by atoms with Crippen LogP contribution < -0.4 is 0 Å². The maximum Gasteiger partial charge on any atom is 0.124 e. The van der Waals surface area contributed by atoms with Crippen LogP contribution in [-0.2, 0) is 5.41 Å². The third-order valence-electron chi connectivity index (χ3n) is 6.20. The average molecular weight is 457 g/mol. The summed E-state index contributed by atoms with van der Waals surface area (Å²) in [6.07, 6.45) is 1.82. The molecule has 2 aromatic heterocycles. The van der Waals surface area contributed by atoms with Crippen molar-refractivity contribution in [2.45, 2.75) is 26.2 Å². The molecule has 3 heteroatoms. The van der Waals surface area contributed by atoms with Crippen molar-refractivity contribution >= 4 is 0 Å². The first kappa shape index (κ1) is 22.5. The Morgan fingerprint density at radius 2 is 1.20 bits per heavy atom. The Labute approximate surface area is 206 Å². The van der Waals surface area contributed by atoms with Gasteiger partial charge < -0.3 is 5.11 Å². The second-order valence-corrected chi connectivity index (χ2v) is 9.77. The normalized spacial score (nSPS) is 11.4. The lowest BCUT2D eigenvalue weighted by atomic mass is 9.86. The Balaban J connectivity index is 1.64. The van der Waals surface area contributed by atoms with Crippen LogP contribution in [0.25, 0.3) is 44.9 Å². The fourth-order valence-corrected chi connectivity index (χ4v) is 4.22. The molecule has 0 saturated heterocycles. The van der Waals surface area contributed by atoms with E-state index in [0.29, 0.717) is 5.56 Å². The van der Waals surface area contributed by atoms with E-state index in [1.807, 2.05) is 60.8 Å². The Morgan fingerprint density at radius 3 is 1.89 bits per heavy atom. The van der Waals surface area contributed by atoms with Gasteiger partial charge in [-0.3, -0.25) is 4.98 Å². The summed E-state index contributed by atoms with van der Waals surface area (Å²) in [6.45, 7) is 6.68. The lowest BCUT2D eigenvalue weighted by Gasteiger charge is -2.19. The molecule has 0 atom stereocenters. The molecular formula is C32H28N2O. The van der Waals surface area contributed by atoms with E-state index >= 15 is 0 Å². The molecule has 5 rings (SSSR count). The summed E-state index contributed by atoms with van der Waals surface area (Å²) < 4.78 is 0. The summed E-state index contributed by atoms with van der Waals surface area (Å²) >= 11 is 0. The molecule has 3 aromatic carbocycles. The topological polar surface area (TPSA) is 46.0 Å². The Kier molecular flexibility index (Phi) is 5.92. The summed E-state index contributed by atoms with van der Waals surface area (Å²) in [5.41, 5.74) is 8.91. The van der Waals surface area contributed by atoms with Crippen molar-refractivity contribution in [2.75, 3.05) is 0 Å². The molecule has 0 amide bonds. The summed E-state index contributed by atoms with van der Waals surface area (Å²) in [4.78, 5) is 9.50. The number of benzene rings is 3. The largest absolute Gasteiger partial charge is 0.507 e. The van der Waals surface area contributed by atoms with Crippen molar-refractivity contribution in [2.24, 2.45) is 0 Å². The number of para-hydroxylation sites is 1. The van der Waals surface area contributed by atoms with Gasteiger partial charge in [-0.05, 0) is 76.7 Å². The first-order valence-electron chi connectivity index (χ1n) is 11.8. The number of aromatic nitrogens is 2. The van der Waals surface area contributed by atoms with Crippen molar-refractivity contribution < 1.29 is 5.11 Å². The van der Waals surface area contributed by atoms with Gasteiger partial charge in [0.05, 0.1) is 17.1 Å². The quantitative estimate of drug-likeness (QED) is 0.297. The maximum absolute atomic E-state index is 10.3. The third-order valence-corrected chi connectivity index (χ3v) is 6.20. The fraction of sp³-hybridized carbons (Fsp3) is 0.125. The van der Waals surface area contributed by atoms with Crippen LogP contribution in [0, 0.1) is 0 Å². The number of phenols is 1. The van der Waals surface area contributed by atoms with Crippen LogP contribution in [0.1, 0.15) is 26.3 Å². The molecule has 0 saturated carbocycles. The van der Waals surface area contributed by atoms with Crippen LogP contribution in [-0.4, -0.2) is 15.1 Å². The highest BCUT2D eigenvalue weighted by Gasteiger charge is 2.14. The van der Waals surface area contributed by atoms with Crippen LogP contribution in [0.4, 0.5) is 0 Å². The lowest BCUT2D eigenvalue weighted by molar-refractivity contribution is 0.477. The molecule has 0 fully saturated rings. The molecule has 5 aromatic rings. The predicted octanol–water partition coefficient (Wildman–Crippen LogP) is 8.15. The van der Waals surface area contributed by atoms with Gasteiger partial charge in [0, 0.05) is 22.9 Å². The maximum atomic E-state index is 10.3. The smallest absolute Gasteiger partial charge is 0.124 e. The molecule has 0 aliphatic rings. The number of aromatic hydroxyl groups is 1. The van der Waals surface area contributed by atoms with E-state index in [1.165, 1.54) is 5.56 Å². The molecular weight excluding hydrogens is 428 g/mol. The van der Waals surface area contributed by atoms with E-state index in [0.717, 1.165) is 39.3 Å². The van der Waals surface area contributed by atoms with Crippen LogP contribution >= 0.6 is 0 Å². The van der Waals surface area contributed by atoms with Gasteiger partial charge in [-0.2, -0.15) is 0 Å². The highest BCUT2D eigenvalue weighted by atomic mass is 16.3. The zero-order valence-corrected chi connectivity index (χ0v) is 20.2. The predicted molar refractivity (Wildman–Crippen MR) is 144 cm³/mol. The van der Waals surface area contributed by atoms with Gasteiger partial charge >= 0.3 is 0 Å². The molecule has 0 aliphatic heterocycles. The Bertz CT molecular complexity index is 1470. The van der Waals surface area contributed by atoms with Gasteiger partial charge in [0.25, 0.3) is 0 Å². The van der Waals surface area contributed by atoms with Gasteiger partial charge in [0.2, 0.25) is 0 Å². The van der Waals surface area contributed by atoms with Crippen molar-refractivity contribution in [1.82, 2.24) is 9.97 Å². The molecule has 172 valence electrons. The molecule has 0 bridgehead atoms. The first-order valence-corrected chi connectivity index (χ1v) is 11.8. The summed E-state index contributed by atoms with van der Waals surface area (Å²) in [5.74, 6) is 0.221. The number of pyridine rings is 2. The molecule has 0 unspecified atom stereocenters. The van der Waals surface area contributed by atoms with E-state index in [4.69, 9.17) is 4.98 Å². The standard InChI is InChI=1S/C32H28N2O/c1-32(2,3)26-16-14-22(15-17-26)23-19-24(28-10-6-7-18-33-28)21-25(20-23)29-11-8-12-30(34-29)27-9-4-5-13-31(27)35/h4-21,35H,1-3H3. The number of phenolic OH excluding ortho intramolecular Hbond substituents is 1. The molecule has 35 heavy (non-hydrogen) atoms. The number of hydrogen-bond donors (Lipinski definition) is 1. The highest BCUT2D eigenvalue weighted by Crippen LogP contribution is 2.34. The SMILES string of the molecule is CC(C)(C)c1ccc(-c2cc(-c3ccccn3)cc(-c3cccc(-c4ccccc4O)n3)c2)cc1. The molecule has 3 nitrogen and oxygen atoms in total. The first-order chi connectivity index (χ1) is 16.9. The van der Waals surface area contributed by atoms with Gasteiger partial charge in [-0.1, -0.05) is 69.3 Å². The lowest BCUT2D eigenvalue weighted by Crippen LogP contribution is -2.10. The van der Waals surface area contributed by atoms with E-state index in [2.05, 4.69) is 68.2 Å². The van der Waals surface area contributed by atoms with E-state index < -0.39 is 0 Å². The molecule has 2 heterocycles. The van der Waals surface area contributed by atoms with Crippen molar-refractivity contribution in [3.63, 3.8) is 0 Å². The Hall–Kier alpha value is -4.24. The monoisotopic (exact) mass is 456 g/mol. The van der Waals surface area contributed by atoms with Crippen LogP contribution in [0.2, 0.25) is 0 Å². The van der Waals surface area contributed by atoms with Gasteiger partial charge in [0.15, 0.2) is 0 Å². The second kappa shape index (κ2) is 9.19. The van der Waals surface area contributed by atoms with Crippen molar-refractivity contribution in [3.8, 4) is 50.6 Å². The molecule has 0 radical (unpaired) electrons. The molecule has 0 aliphatic carbocycles. The number of nitrogens with zero attached hydrogens (tertiary/aromatic N) is 2. The summed E-state index contributed by atoms with van der Waals surface area (Å²) in [6, 6.07) is 34.4. The fourth-order valence-electron chi connectivity index (χ4n) is 4.22. The zero-order chi connectivity index (χ0) is 24.4. The third kappa shape index (κ3) is 4.85. The van der Waals surface area contributed by atoms with Gasteiger partial charge in [-0.25, -0.2) is 4.98 Å². The van der Waals surface area contributed by atoms with E-state index in [9.17, 15) is 5.11 Å². The second-order valence-electron chi connectivity index (χ2n) is 9.77.